The van der Waals surface area contributed by atoms with Crippen molar-refractivity contribution in [1.29, 1.82) is 0 Å². The van der Waals surface area contributed by atoms with Crippen molar-refractivity contribution in [2.24, 2.45) is 5.92 Å². The van der Waals surface area contributed by atoms with Crippen LogP contribution in [0.3, 0.4) is 0 Å². The lowest BCUT2D eigenvalue weighted by atomic mass is 10.0. The number of hydrogen-bond acceptors (Lipinski definition) is 0. The molecule has 0 nitrogen and oxygen atoms in total. The topological polar surface area (TPSA) is 0 Å². The fourth-order valence-electron chi connectivity index (χ4n) is 1.36. The quantitative estimate of drug-likeness (QED) is 0.686. The van der Waals surface area contributed by atoms with Crippen LogP contribution >= 0.6 is 31.9 Å². The molecule has 0 saturated heterocycles. The van der Waals surface area contributed by atoms with Gasteiger partial charge in [-0.1, -0.05) is 50.1 Å². The molecule has 1 aromatic carbocycles. The highest BCUT2D eigenvalue weighted by atomic mass is 79.9. The molecule has 0 aliphatic rings. The van der Waals surface area contributed by atoms with E-state index in [0.717, 1.165) is 22.3 Å². The summed E-state index contributed by atoms with van der Waals surface area (Å²) in [6, 6.07) is 5.50. The van der Waals surface area contributed by atoms with Crippen molar-refractivity contribution in [3.8, 4) is 0 Å². The van der Waals surface area contributed by atoms with Gasteiger partial charge in [0.1, 0.15) is 0 Å². The predicted molar refractivity (Wildman–Crippen MR) is 66.2 cm³/mol. The molecule has 1 rings (SSSR count). The van der Waals surface area contributed by atoms with Gasteiger partial charge in [0.25, 0.3) is 0 Å². The summed E-state index contributed by atoms with van der Waals surface area (Å²) in [7, 11) is 0. The summed E-state index contributed by atoms with van der Waals surface area (Å²) in [5, 5.41) is 1.54. The highest BCUT2D eigenvalue weighted by Gasteiger charge is 2.30. The van der Waals surface area contributed by atoms with Crippen LogP contribution < -0.4 is 0 Å². The van der Waals surface area contributed by atoms with Crippen LogP contribution in [0.15, 0.2) is 24.3 Å². The van der Waals surface area contributed by atoms with Crippen LogP contribution in [0.1, 0.15) is 11.1 Å². The summed E-state index contributed by atoms with van der Waals surface area (Å²) in [5.74, 6) is 0.309. The van der Waals surface area contributed by atoms with E-state index in [-0.39, 0.29) is 0 Å². The molecular weight excluding hydrogens is 349 g/mol. The van der Waals surface area contributed by atoms with Gasteiger partial charge in [0.2, 0.25) is 0 Å². The monoisotopic (exact) mass is 358 g/mol. The molecule has 0 radical (unpaired) electrons. The minimum Gasteiger partial charge on any atom is -0.166 e. The van der Waals surface area contributed by atoms with Crippen LogP contribution in [0.5, 0.6) is 0 Å². The van der Waals surface area contributed by atoms with Crippen LogP contribution in [-0.2, 0) is 12.6 Å². The van der Waals surface area contributed by atoms with Gasteiger partial charge in [-0.15, -0.1) is 0 Å². The zero-order valence-corrected chi connectivity index (χ0v) is 11.6. The van der Waals surface area contributed by atoms with E-state index in [1.54, 1.807) is 6.07 Å². The summed E-state index contributed by atoms with van der Waals surface area (Å²) in [6.45, 7) is 0. The van der Waals surface area contributed by atoms with Crippen LogP contribution in [-0.4, -0.2) is 10.7 Å². The third-order valence-electron chi connectivity index (χ3n) is 2.22. The van der Waals surface area contributed by atoms with Crippen LogP contribution in [0, 0.1) is 5.92 Å². The predicted octanol–water partition coefficient (Wildman–Crippen LogP) is 4.65. The number of halogens is 5. The van der Waals surface area contributed by atoms with Crippen molar-refractivity contribution in [2.75, 3.05) is 10.7 Å². The Labute approximate surface area is 109 Å². The molecule has 0 aromatic heterocycles. The second-order valence-corrected chi connectivity index (χ2v) is 4.87. The molecule has 5 heteroatoms. The van der Waals surface area contributed by atoms with E-state index in [2.05, 4.69) is 31.9 Å². The molecule has 0 N–H and O–H groups in total. The van der Waals surface area contributed by atoms with Gasteiger partial charge in [0.05, 0.1) is 5.56 Å². The van der Waals surface area contributed by atoms with Gasteiger partial charge in [0, 0.05) is 10.7 Å². The highest BCUT2D eigenvalue weighted by Crippen LogP contribution is 2.30. The summed E-state index contributed by atoms with van der Waals surface area (Å²) in [5.41, 5.74) is 0.145. The molecule has 0 heterocycles. The van der Waals surface area contributed by atoms with E-state index in [0.29, 0.717) is 12.3 Å². The molecule has 0 unspecified atom stereocenters. The third-order valence-corrected chi connectivity index (χ3v) is 4.05. The maximum Gasteiger partial charge on any atom is 0.416 e. The highest BCUT2D eigenvalue weighted by molar-refractivity contribution is 9.09. The van der Waals surface area contributed by atoms with E-state index in [9.17, 15) is 13.2 Å². The van der Waals surface area contributed by atoms with Gasteiger partial charge in [-0.25, -0.2) is 0 Å². The second-order valence-electron chi connectivity index (χ2n) is 3.58. The van der Waals surface area contributed by atoms with Crippen LogP contribution in [0.4, 0.5) is 13.2 Å². The molecule has 0 atom stereocenters. The van der Waals surface area contributed by atoms with Crippen molar-refractivity contribution in [2.45, 2.75) is 12.6 Å². The average Bonchev–Trinajstić information content (AvgIpc) is 2.25. The number of alkyl halides is 5. The average molecular weight is 360 g/mol. The number of benzene rings is 1. The minimum absolute atomic E-state index is 0.309. The van der Waals surface area contributed by atoms with Gasteiger partial charge < -0.3 is 0 Å². The summed E-state index contributed by atoms with van der Waals surface area (Å²) < 4.78 is 37.4. The Bertz CT molecular complexity index is 332. The molecule has 0 saturated carbocycles. The lowest BCUT2D eigenvalue weighted by molar-refractivity contribution is -0.137. The standard InChI is InChI=1S/C11H11Br2F3/c12-6-9(7-13)4-8-2-1-3-10(5-8)11(14,15)16/h1-3,5,9H,4,6-7H2. The normalized spacial score (nSPS) is 12.1. The van der Waals surface area contributed by atoms with Crippen molar-refractivity contribution in [3.63, 3.8) is 0 Å². The largest absolute Gasteiger partial charge is 0.416 e. The summed E-state index contributed by atoms with van der Waals surface area (Å²) in [6.07, 6.45) is -3.62. The smallest absolute Gasteiger partial charge is 0.166 e. The Hall–Kier alpha value is -0.0300. The van der Waals surface area contributed by atoms with Crippen molar-refractivity contribution in [3.05, 3.63) is 35.4 Å². The Morgan fingerprint density at radius 2 is 1.75 bits per heavy atom. The van der Waals surface area contributed by atoms with E-state index < -0.39 is 11.7 Å². The van der Waals surface area contributed by atoms with Gasteiger partial charge in [-0.05, 0) is 24.0 Å². The molecule has 90 valence electrons. The first kappa shape index (κ1) is 14.0. The first-order valence-corrected chi connectivity index (χ1v) is 6.99. The van der Waals surface area contributed by atoms with Crippen LogP contribution in [0.25, 0.3) is 0 Å². The SMILES string of the molecule is FC(F)(F)c1cccc(CC(CBr)CBr)c1. The van der Waals surface area contributed by atoms with Crippen molar-refractivity contribution >= 4 is 31.9 Å². The molecule has 0 aliphatic carbocycles. The van der Waals surface area contributed by atoms with Gasteiger partial charge >= 0.3 is 6.18 Å². The van der Waals surface area contributed by atoms with Crippen molar-refractivity contribution in [1.82, 2.24) is 0 Å². The van der Waals surface area contributed by atoms with Gasteiger partial charge in [0.15, 0.2) is 0 Å². The summed E-state index contributed by atoms with van der Waals surface area (Å²) >= 11 is 6.68. The third kappa shape index (κ3) is 4.09. The second kappa shape index (κ2) is 6.05. The molecule has 0 bridgehead atoms. The van der Waals surface area contributed by atoms with Gasteiger partial charge in [-0.2, -0.15) is 13.2 Å². The molecular formula is C11H11Br2F3. The zero-order valence-electron chi connectivity index (χ0n) is 8.40. The lowest BCUT2D eigenvalue weighted by Gasteiger charge is -2.12. The first-order valence-electron chi connectivity index (χ1n) is 4.75. The van der Waals surface area contributed by atoms with Gasteiger partial charge in [-0.3, -0.25) is 0 Å². The van der Waals surface area contributed by atoms with E-state index >= 15 is 0 Å². The van der Waals surface area contributed by atoms with Crippen LogP contribution in [0.2, 0.25) is 0 Å². The van der Waals surface area contributed by atoms with Crippen molar-refractivity contribution < 1.29 is 13.2 Å². The molecule has 0 amide bonds. The molecule has 0 spiro atoms. The maximum atomic E-state index is 12.5. The number of hydrogen-bond donors (Lipinski definition) is 0. The number of rotatable bonds is 4. The minimum atomic E-state index is -4.26. The Morgan fingerprint density at radius 1 is 1.12 bits per heavy atom. The Morgan fingerprint density at radius 3 is 2.25 bits per heavy atom. The first-order chi connectivity index (χ1) is 7.47. The molecule has 0 fully saturated rings. The maximum absolute atomic E-state index is 12.5. The van der Waals surface area contributed by atoms with E-state index in [1.165, 1.54) is 12.1 Å². The fraction of sp³-hybridized carbons (Fsp3) is 0.455. The molecule has 0 aliphatic heterocycles. The van der Waals surface area contributed by atoms with E-state index in [4.69, 9.17) is 0 Å². The fourth-order valence-corrected chi connectivity index (χ4v) is 2.89. The molecule has 16 heavy (non-hydrogen) atoms. The zero-order chi connectivity index (χ0) is 12.2. The molecule has 1 aromatic rings. The Balaban J connectivity index is 2.82. The van der Waals surface area contributed by atoms with E-state index in [1.807, 2.05) is 0 Å². The lowest BCUT2D eigenvalue weighted by Crippen LogP contribution is -2.09. The Kier molecular flexibility index (Phi) is 5.31. The summed E-state index contributed by atoms with van der Waals surface area (Å²) in [4.78, 5) is 0.